The zero-order valence-corrected chi connectivity index (χ0v) is 8.98. The molecule has 1 aromatic carbocycles. The van der Waals surface area contributed by atoms with E-state index in [4.69, 9.17) is 11.6 Å². The van der Waals surface area contributed by atoms with Gasteiger partial charge in [-0.25, -0.2) is 4.98 Å². The summed E-state index contributed by atoms with van der Waals surface area (Å²) in [5.74, 6) is 0. The van der Waals surface area contributed by atoms with Crippen LogP contribution in [-0.4, -0.2) is 9.55 Å². The number of halogens is 1. The molecule has 0 aliphatic heterocycles. The molecule has 0 atom stereocenters. The van der Waals surface area contributed by atoms with Gasteiger partial charge in [-0.3, -0.25) is 0 Å². The standard InChI is InChI=1S/C12H11ClN2/c1-10(8-15-7-6-14-9-15)11-2-4-12(13)5-3-11/h2-7,9H,1,8H2. The minimum Gasteiger partial charge on any atom is -0.333 e. The van der Waals surface area contributed by atoms with Gasteiger partial charge in [0.05, 0.1) is 6.33 Å². The molecule has 0 bridgehead atoms. The van der Waals surface area contributed by atoms with Crippen LogP contribution in [0.15, 0.2) is 49.6 Å². The molecule has 0 unspecified atom stereocenters. The van der Waals surface area contributed by atoms with E-state index in [2.05, 4.69) is 11.6 Å². The van der Waals surface area contributed by atoms with Gasteiger partial charge in [0.1, 0.15) is 0 Å². The van der Waals surface area contributed by atoms with Crippen LogP contribution in [0.25, 0.3) is 5.57 Å². The zero-order valence-electron chi connectivity index (χ0n) is 8.23. The molecular formula is C12H11ClN2. The van der Waals surface area contributed by atoms with Crippen molar-refractivity contribution in [1.82, 2.24) is 9.55 Å². The van der Waals surface area contributed by atoms with Crippen molar-refractivity contribution in [3.63, 3.8) is 0 Å². The summed E-state index contributed by atoms with van der Waals surface area (Å²) in [7, 11) is 0. The molecule has 0 N–H and O–H groups in total. The van der Waals surface area contributed by atoms with Crippen molar-refractivity contribution in [2.75, 3.05) is 0 Å². The number of aromatic nitrogens is 2. The lowest BCUT2D eigenvalue weighted by molar-refractivity contribution is 0.835. The smallest absolute Gasteiger partial charge is 0.0949 e. The first kappa shape index (κ1) is 9.99. The van der Waals surface area contributed by atoms with Crippen LogP contribution in [0.4, 0.5) is 0 Å². The summed E-state index contributed by atoms with van der Waals surface area (Å²) in [4.78, 5) is 3.98. The summed E-state index contributed by atoms with van der Waals surface area (Å²) >= 11 is 5.81. The summed E-state index contributed by atoms with van der Waals surface area (Å²) in [5, 5.41) is 0.745. The Balaban J connectivity index is 2.11. The molecule has 2 nitrogen and oxygen atoms in total. The van der Waals surface area contributed by atoms with Crippen LogP contribution in [-0.2, 0) is 6.54 Å². The van der Waals surface area contributed by atoms with E-state index in [1.54, 1.807) is 12.5 Å². The first-order chi connectivity index (χ1) is 7.25. The third-order valence-corrected chi connectivity index (χ3v) is 2.44. The fourth-order valence-corrected chi connectivity index (χ4v) is 1.50. The minimum atomic E-state index is 0.745. The van der Waals surface area contributed by atoms with E-state index >= 15 is 0 Å². The number of rotatable bonds is 3. The Hall–Kier alpha value is -1.54. The molecule has 1 heterocycles. The van der Waals surface area contributed by atoms with E-state index in [0.29, 0.717) is 0 Å². The molecule has 1 aromatic heterocycles. The SMILES string of the molecule is C=C(Cn1ccnc1)c1ccc(Cl)cc1. The maximum Gasteiger partial charge on any atom is 0.0949 e. The van der Waals surface area contributed by atoms with Crippen LogP contribution in [0.2, 0.25) is 5.02 Å². The number of imidazole rings is 1. The predicted octanol–water partition coefficient (Wildman–Crippen LogP) is 3.25. The Bertz CT molecular complexity index is 443. The highest BCUT2D eigenvalue weighted by Gasteiger charge is 1.99. The molecule has 0 saturated carbocycles. The largest absolute Gasteiger partial charge is 0.333 e. The molecular weight excluding hydrogens is 208 g/mol. The van der Waals surface area contributed by atoms with Gasteiger partial charge >= 0.3 is 0 Å². The lowest BCUT2D eigenvalue weighted by Crippen LogP contribution is -1.96. The van der Waals surface area contributed by atoms with Crippen molar-refractivity contribution in [2.45, 2.75) is 6.54 Å². The zero-order chi connectivity index (χ0) is 10.7. The van der Waals surface area contributed by atoms with Crippen LogP contribution in [0.5, 0.6) is 0 Å². The Morgan fingerprint density at radius 1 is 1.33 bits per heavy atom. The minimum absolute atomic E-state index is 0.745. The van der Waals surface area contributed by atoms with Crippen molar-refractivity contribution in [3.05, 3.63) is 60.2 Å². The Labute approximate surface area is 93.8 Å². The summed E-state index contributed by atoms with van der Waals surface area (Å²) in [6, 6.07) is 7.69. The summed E-state index contributed by atoms with van der Waals surface area (Å²) in [5.41, 5.74) is 2.15. The number of hydrogen-bond acceptors (Lipinski definition) is 1. The van der Waals surface area contributed by atoms with Crippen LogP contribution in [0, 0.1) is 0 Å². The molecule has 0 radical (unpaired) electrons. The molecule has 0 saturated heterocycles. The third kappa shape index (κ3) is 2.48. The van der Waals surface area contributed by atoms with Crippen LogP contribution >= 0.6 is 11.6 Å². The van der Waals surface area contributed by atoms with Gasteiger partial charge in [-0.2, -0.15) is 0 Å². The van der Waals surface area contributed by atoms with Gasteiger partial charge < -0.3 is 4.57 Å². The fraction of sp³-hybridized carbons (Fsp3) is 0.0833. The van der Waals surface area contributed by atoms with E-state index < -0.39 is 0 Å². The predicted molar refractivity (Wildman–Crippen MR) is 62.7 cm³/mol. The fourth-order valence-electron chi connectivity index (χ4n) is 1.38. The molecule has 0 spiro atoms. The molecule has 0 amide bonds. The Morgan fingerprint density at radius 3 is 2.67 bits per heavy atom. The van der Waals surface area contributed by atoms with Gasteiger partial charge in [0, 0.05) is 24.0 Å². The molecule has 15 heavy (non-hydrogen) atoms. The number of benzene rings is 1. The number of allylic oxidation sites excluding steroid dienone is 1. The van der Waals surface area contributed by atoms with Crippen molar-refractivity contribution < 1.29 is 0 Å². The lowest BCUT2D eigenvalue weighted by Gasteiger charge is -2.06. The van der Waals surface area contributed by atoms with Crippen molar-refractivity contribution >= 4 is 17.2 Å². The molecule has 76 valence electrons. The summed E-state index contributed by atoms with van der Waals surface area (Å²) < 4.78 is 1.98. The molecule has 0 fully saturated rings. The molecule has 2 rings (SSSR count). The van der Waals surface area contributed by atoms with Crippen LogP contribution in [0.1, 0.15) is 5.56 Å². The van der Waals surface area contributed by atoms with E-state index in [1.807, 2.05) is 35.0 Å². The third-order valence-electron chi connectivity index (χ3n) is 2.19. The van der Waals surface area contributed by atoms with Gasteiger partial charge in [-0.05, 0) is 23.3 Å². The molecule has 0 aliphatic rings. The van der Waals surface area contributed by atoms with Crippen molar-refractivity contribution in [3.8, 4) is 0 Å². The first-order valence-corrected chi connectivity index (χ1v) is 5.03. The van der Waals surface area contributed by atoms with Gasteiger partial charge in [0.15, 0.2) is 0 Å². The summed E-state index contributed by atoms with van der Waals surface area (Å²) in [6.07, 6.45) is 5.46. The lowest BCUT2D eigenvalue weighted by atomic mass is 10.1. The summed E-state index contributed by atoms with van der Waals surface area (Å²) in [6.45, 7) is 4.79. The highest BCUT2D eigenvalue weighted by Crippen LogP contribution is 2.17. The average molecular weight is 219 g/mol. The maximum absolute atomic E-state index is 5.81. The van der Waals surface area contributed by atoms with Crippen LogP contribution in [0.3, 0.4) is 0 Å². The average Bonchev–Trinajstić information content (AvgIpc) is 2.71. The second-order valence-electron chi connectivity index (χ2n) is 3.35. The second kappa shape index (κ2) is 4.32. The van der Waals surface area contributed by atoms with Gasteiger partial charge in [0.2, 0.25) is 0 Å². The highest BCUT2D eigenvalue weighted by atomic mass is 35.5. The van der Waals surface area contributed by atoms with Crippen molar-refractivity contribution in [2.24, 2.45) is 0 Å². The quantitative estimate of drug-likeness (QED) is 0.774. The molecule has 0 aliphatic carbocycles. The number of hydrogen-bond donors (Lipinski definition) is 0. The highest BCUT2D eigenvalue weighted by molar-refractivity contribution is 6.30. The topological polar surface area (TPSA) is 17.8 Å². The monoisotopic (exact) mass is 218 g/mol. The maximum atomic E-state index is 5.81. The normalized spacial score (nSPS) is 10.2. The Morgan fingerprint density at radius 2 is 2.07 bits per heavy atom. The second-order valence-corrected chi connectivity index (χ2v) is 3.78. The van der Waals surface area contributed by atoms with E-state index in [-0.39, 0.29) is 0 Å². The Kier molecular flexibility index (Phi) is 2.88. The molecule has 3 heteroatoms. The molecule has 2 aromatic rings. The van der Waals surface area contributed by atoms with E-state index in [1.165, 1.54) is 0 Å². The van der Waals surface area contributed by atoms with Crippen LogP contribution < -0.4 is 0 Å². The van der Waals surface area contributed by atoms with E-state index in [9.17, 15) is 0 Å². The first-order valence-electron chi connectivity index (χ1n) is 4.65. The van der Waals surface area contributed by atoms with Gasteiger partial charge in [-0.15, -0.1) is 0 Å². The van der Waals surface area contributed by atoms with E-state index in [0.717, 1.165) is 22.7 Å². The van der Waals surface area contributed by atoms with Gasteiger partial charge in [-0.1, -0.05) is 30.3 Å². The van der Waals surface area contributed by atoms with Gasteiger partial charge in [0.25, 0.3) is 0 Å². The van der Waals surface area contributed by atoms with Crippen molar-refractivity contribution in [1.29, 1.82) is 0 Å². The number of nitrogens with zero attached hydrogens (tertiary/aromatic N) is 2.